The summed E-state index contributed by atoms with van der Waals surface area (Å²) < 4.78 is 27.2. The number of carbonyl (C=O) groups excluding carboxylic acids is 1. The van der Waals surface area contributed by atoms with Crippen LogP contribution in [0.1, 0.15) is 15.9 Å². The van der Waals surface area contributed by atoms with Crippen molar-refractivity contribution in [2.75, 3.05) is 5.32 Å². The molecule has 176 valence electrons. The fraction of sp³-hybridized carbons (Fsp3) is 0.0870. The molecule has 3 aromatic rings. The minimum atomic E-state index is -4.00. The maximum Gasteiger partial charge on any atom is 0.322 e. The Morgan fingerprint density at radius 3 is 2.35 bits per heavy atom. The fourth-order valence-corrected chi connectivity index (χ4v) is 4.25. The molecule has 34 heavy (non-hydrogen) atoms. The van der Waals surface area contributed by atoms with Crippen molar-refractivity contribution in [2.24, 2.45) is 10.8 Å². The normalized spacial score (nSPS) is 12.3. The van der Waals surface area contributed by atoms with E-state index in [2.05, 4.69) is 20.5 Å². The van der Waals surface area contributed by atoms with Crippen molar-refractivity contribution in [2.45, 2.75) is 17.4 Å². The number of nitrogens with two attached hydrogens (primary N) is 1. The maximum atomic E-state index is 12.5. The van der Waals surface area contributed by atoms with Crippen LogP contribution in [0.15, 0.2) is 88.8 Å². The summed E-state index contributed by atoms with van der Waals surface area (Å²) in [7, 11) is -4.00. The molecule has 0 saturated heterocycles. The van der Waals surface area contributed by atoms with E-state index in [0.29, 0.717) is 22.5 Å². The van der Waals surface area contributed by atoms with Crippen LogP contribution < -0.4 is 21.3 Å². The van der Waals surface area contributed by atoms with Gasteiger partial charge in [-0.1, -0.05) is 36.4 Å². The predicted octanol–water partition coefficient (Wildman–Crippen LogP) is 2.04. The van der Waals surface area contributed by atoms with Crippen LogP contribution >= 0.6 is 0 Å². The summed E-state index contributed by atoms with van der Waals surface area (Å²) in [6, 6.07) is 19.3. The lowest BCUT2D eigenvalue weighted by Crippen LogP contribution is -2.42. The zero-order valence-electron chi connectivity index (χ0n) is 17.9. The van der Waals surface area contributed by atoms with Gasteiger partial charge in [-0.2, -0.15) is 4.72 Å². The molecular formula is C23H23N5O5S. The number of carboxylic acids is 1. The molecular weight excluding hydrogens is 458 g/mol. The Balaban J connectivity index is 1.67. The van der Waals surface area contributed by atoms with Gasteiger partial charge in [0, 0.05) is 11.3 Å². The lowest BCUT2D eigenvalue weighted by Gasteiger charge is -2.15. The third-order valence-electron chi connectivity index (χ3n) is 4.70. The SMILES string of the molecule is NNC=Nc1cccc(C(=O)Nc2ccc(CC(NS(=O)(=O)c3ccccc3)C(=O)O)cc2)c1. The molecule has 11 heteroatoms. The van der Waals surface area contributed by atoms with Crippen LogP contribution in [0.4, 0.5) is 11.4 Å². The number of anilines is 1. The number of hydrogen-bond donors (Lipinski definition) is 5. The summed E-state index contributed by atoms with van der Waals surface area (Å²) in [5, 5.41) is 12.3. The van der Waals surface area contributed by atoms with Gasteiger partial charge in [0.15, 0.2) is 0 Å². The molecule has 6 N–H and O–H groups in total. The fourth-order valence-electron chi connectivity index (χ4n) is 3.04. The summed E-state index contributed by atoms with van der Waals surface area (Å²) in [5.74, 6) is 3.49. The van der Waals surface area contributed by atoms with E-state index in [1.807, 2.05) is 0 Å². The highest BCUT2D eigenvalue weighted by atomic mass is 32.2. The second-order valence-corrected chi connectivity index (χ2v) is 8.87. The van der Waals surface area contributed by atoms with E-state index >= 15 is 0 Å². The molecule has 0 aromatic heterocycles. The van der Waals surface area contributed by atoms with E-state index in [1.54, 1.807) is 66.7 Å². The molecule has 0 saturated carbocycles. The number of hydrogen-bond acceptors (Lipinski definition) is 6. The third-order valence-corrected chi connectivity index (χ3v) is 6.18. The van der Waals surface area contributed by atoms with Gasteiger partial charge in [-0.05, 0) is 54.4 Å². The molecule has 1 unspecified atom stereocenters. The molecule has 0 spiro atoms. The largest absolute Gasteiger partial charge is 0.480 e. The second kappa shape index (κ2) is 11.2. The van der Waals surface area contributed by atoms with E-state index in [4.69, 9.17) is 5.84 Å². The first-order chi connectivity index (χ1) is 16.3. The Labute approximate surface area is 196 Å². The van der Waals surface area contributed by atoms with Gasteiger partial charge >= 0.3 is 5.97 Å². The number of aliphatic imine (C=N–C) groups is 1. The molecule has 1 amide bonds. The molecule has 1 atom stereocenters. The van der Waals surface area contributed by atoms with Gasteiger partial charge in [0.25, 0.3) is 5.91 Å². The summed E-state index contributed by atoms with van der Waals surface area (Å²) in [6.07, 6.45) is 1.21. The lowest BCUT2D eigenvalue weighted by atomic mass is 10.1. The zero-order valence-corrected chi connectivity index (χ0v) is 18.7. The number of hydrazine groups is 1. The average molecular weight is 482 g/mol. The van der Waals surface area contributed by atoms with Crippen molar-refractivity contribution in [3.63, 3.8) is 0 Å². The van der Waals surface area contributed by atoms with E-state index in [1.165, 1.54) is 18.5 Å². The number of benzene rings is 3. The first-order valence-corrected chi connectivity index (χ1v) is 11.6. The van der Waals surface area contributed by atoms with E-state index in [9.17, 15) is 23.1 Å². The van der Waals surface area contributed by atoms with Crippen molar-refractivity contribution < 1.29 is 23.1 Å². The molecule has 0 radical (unpaired) electrons. The highest BCUT2D eigenvalue weighted by Crippen LogP contribution is 2.17. The van der Waals surface area contributed by atoms with Crippen LogP contribution in [-0.2, 0) is 21.2 Å². The Kier molecular flexibility index (Phi) is 8.09. The van der Waals surface area contributed by atoms with Gasteiger partial charge in [-0.25, -0.2) is 19.3 Å². The maximum absolute atomic E-state index is 12.5. The smallest absolute Gasteiger partial charge is 0.322 e. The van der Waals surface area contributed by atoms with Gasteiger partial charge in [0.2, 0.25) is 10.0 Å². The molecule has 0 heterocycles. The average Bonchev–Trinajstić information content (AvgIpc) is 2.84. The summed E-state index contributed by atoms with van der Waals surface area (Å²) in [5.41, 5.74) is 4.28. The van der Waals surface area contributed by atoms with Gasteiger partial charge in [0.1, 0.15) is 12.4 Å². The number of aliphatic carboxylic acids is 1. The van der Waals surface area contributed by atoms with Crippen molar-refractivity contribution in [3.05, 3.63) is 90.0 Å². The summed E-state index contributed by atoms with van der Waals surface area (Å²) in [4.78, 5) is 28.2. The number of carboxylic acid groups (broad SMARTS) is 1. The number of rotatable bonds is 10. The molecule has 0 aliphatic carbocycles. The predicted molar refractivity (Wildman–Crippen MR) is 128 cm³/mol. The molecule has 0 aliphatic rings. The number of carbonyl (C=O) groups is 2. The molecule has 3 rings (SSSR count). The van der Waals surface area contributed by atoms with Gasteiger partial charge < -0.3 is 15.8 Å². The monoisotopic (exact) mass is 481 g/mol. The molecule has 0 aliphatic heterocycles. The third kappa shape index (κ3) is 6.72. The summed E-state index contributed by atoms with van der Waals surface area (Å²) in [6.45, 7) is 0. The van der Waals surface area contributed by atoms with Gasteiger partial charge in [-0.3, -0.25) is 9.59 Å². The summed E-state index contributed by atoms with van der Waals surface area (Å²) >= 11 is 0. The zero-order chi connectivity index (χ0) is 24.6. The second-order valence-electron chi connectivity index (χ2n) is 7.16. The number of amides is 1. The number of nitrogens with one attached hydrogen (secondary N) is 3. The van der Waals surface area contributed by atoms with Crippen LogP contribution in [0.25, 0.3) is 0 Å². The van der Waals surface area contributed by atoms with E-state index in [-0.39, 0.29) is 17.2 Å². The van der Waals surface area contributed by atoms with Gasteiger partial charge in [0.05, 0.1) is 10.6 Å². The van der Waals surface area contributed by atoms with Crippen molar-refractivity contribution >= 4 is 39.6 Å². The van der Waals surface area contributed by atoms with E-state index in [0.717, 1.165) is 0 Å². The molecule has 3 aromatic carbocycles. The Hall–Kier alpha value is -4.06. The quantitative estimate of drug-likeness (QED) is 0.128. The number of nitrogens with zero attached hydrogens (tertiary/aromatic N) is 1. The highest BCUT2D eigenvalue weighted by Gasteiger charge is 2.25. The number of sulfonamides is 1. The van der Waals surface area contributed by atoms with Crippen LogP contribution in [0.5, 0.6) is 0 Å². The topological polar surface area (TPSA) is 163 Å². The first kappa shape index (κ1) is 24.6. The van der Waals surface area contributed by atoms with Crippen LogP contribution in [-0.4, -0.2) is 37.8 Å². The molecule has 10 nitrogen and oxygen atoms in total. The Morgan fingerprint density at radius 1 is 1.00 bits per heavy atom. The van der Waals surface area contributed by atoms with E-state index < -0.39 is 22.0 Å². The minimum Gasteiger partial charge on any atom is -0.480 e. The van der Waals surface area contributed by atoms with Crippen LogP contribution in [0.3, 0.4) is 0 Å². The van der Waals surface area contributed by atoms with Crippen LogP contribution in [0, 0.1) is 0 Å². The molecule has 0 fully saturated rings. The van der Waals surface area contributed by atoms with Crippen molar-refractivity contribution in [1.82, 2.24) is 10.1 Å². The molecule has 0 bridgehead atoms. The van der Waals surface area contributed by atoms with Crippen LogP contribution in [0.2, 0.25) is 0 Å². The first-order valence-electron chi connectivity index (χ1n) is 10.1. The van der Waals surface area contributed by atoms with Crippen molar-refractivity contribution in [1.29, 1.82) is 0 Å². The Bertz CT molecular complexity index is 1280. The van der Waals surface area contributed by atoms with Gasteiger partial charge in [-0.15, -0.1) is 0 Å². The standard InChI is InChI=1S/C23H23N5O5S/c24-26-15-25-19-6-4-5-17(14-19)22(29)27-18-11-9-16(10-12-18)13-21(23(30)31)28-34(32,33)20-7-2-1-3-8-20/h1-12,14-15,21,28H,13,24H2,(H,25,26)(H,27,29)(H,30,31). The van der Waals surface area contributed by atoms with Crippen molar-refractivity contribution in [3.8, 4) is 0 Å². The minimum absolute atomic E-state index is 0.0200. The Morgan fingerprint density at radius 2 is 1.71 bits per heavy atom. The lowest BCUT2D eigenvalue weighted by molar-refractivity contribution is -0.138. The highest BCUT2D eigenvalue weighted by molar-refractivity contribution is 7.89.